The van der Waals surface area contributed by atoms with E-state index in [4.69, 9.17) is 15.2 Å². The molecule has 128 valence electrons. The number of benzene rings is 1. The zero-order valence-corrected chi connectivity index (χ0v) is 14.1. The van der Waals surface area contributed by atoms with Crippen molar-refractivity contribution in [1.29, 1.82) is 0 Å². The van der Waals surface area contributed by atoms with Crippen molar-refractivity contribution < 1.29 is 14.3 Å². The first-order valence-electron chi connectivity index (χ1n) is 8.62. The summed E-state index contributed by atoms with van der Waals surface area (Å²) in [5.74, 6) is 0.169. The van der Waals surface area contributed by atoms with Crippen molar-refractivity contribution in [2.45, 2.75) is 39.0 Å². The van der Waals surface area contributed by atoms with Gasteiger partial charge in [-0.1, -0.05) is 13.3 Å². The molecule has 1 aromatic carbocycles. The number of nitrogen functional groups attached to an aromatic ring is 1. The lowest BCUT2D eigenvalue weighted by Crippen LogP contribution is -2.31. The van der Waals surface area contributed by atoms with Gasteiger partial charge in [-0.05, 0) is 50.9 Å². The summed E-state index contributed by atoms with van der Waals surface area (Å²) < 4.78 is 11.0. The topological polar surface area (TPSA) is 64.8 Å². The van der Waals surface area contributed by atoms with Crippen molar-refractivity contribution in [2.24, 2.45) is 0 Å². The van der Waals surface area contributed by atoms with Crippen molar-refractivity contribution in [2.75, 3.05) is 38.6 Å². The van der Waals surface area contributed by atoms with Gasteiger partial charge in [0.15, 0.2) is 0 Å². The van der Waals surface area contributed by atoms with Gasteiger partial charge < -0.3 is 20.1 Å². The molecule has 0 spiro atoms. The molecular formula is C18H28N2O3. The summed E-state index contributed by atoms with van der Waals surface area (Å²) in [7, 11) is 0. The van der Waals surface area contributed by atoms with Crippen LogP contribution in [0.5, 0.6) is 5.75 Å². The molecule has 0 amide bonds. The number of piperidine rings is 1. The Kier molecular flexibility index (Phi) is 7.20. The van der Waals surface area contributed by atoms with Gasteiger partial charge in [-0.15, -0.1) is 0 Å². The van der Waals surface area contributed by atoms with E-state index >= 15 is 0 Å². The number of hydrogen-bond acceptors (Lipinski definition) is 5. The first-order valence-corrected chi connectivity index (χ1v) is 8.62. The van der Waals surface area contributed by atoms with Crippen LogP contribution in [0.4, 0.5) is 5.69 Å². The third-order valence-electron chi connectivity index (χ3n) is 3.99. The molecule has 0 saturated carbocycles. The monoisotopic (exact) mass is 320 g/mol. The molecule has 23 heavy (non-hydrogen) atoms. The Morgan fingerprint density at radius 3 is 2.74 bits per heavy atom. The van der Waals surface area contributed by atoms with Gasteiger partial charge in [-0.2, -0.15) is 0 Å². The SMILES string of the molecule is CCCOc1cc(N)ccc1C(=O)OCCCN1CCCCC1. The fraction of sp³-hybridized carbons (Fsp3) is 0.611. The number of rotatable bonds is 8. The Balaban J connectivity index is 1.80. The summed E-state index contributed by atoms with van der Waals surface area (Å²) in [6.07, 6.45) is 5.64. The highest BCUT2D eigenvalue weighted by Crippen LogP contribution is 2.23. The van der Waals surface area contributed by atoms with Gasteiger partial charge in [0.2, 0.25) is 0 Å². The number of nitrogens with zero attached hydrogens (tertiary/aromatic N) is 1. The summed E-state index contributed by atoms with van der Waals surface area (Å²) in [4.78, 5) is 14.7. The predicted octanol–water partition coefficient (Wildman–Crippen LogP) is 3.09. The van der Waals surface area contributed by atoms with E-state index in [1.807, 2.05) is 6.92 Å². The van der Waals surface area contributed by atoms with Gasteiger partial charge >= 0.3 is 5.97 Å². The number of esters is 1. The third kappa shape index (κ3) is 5.75. The van der Waals surface area contributed by atoms with Gasteiger partial charge in [-0.25, -0.2) is 4.79 Å². The number of nitrogens with two attached hydrogens (primary N) is 1. The molecule has 1 aliphatic rings. The lowest BCUT2D eigenvalue weighted by atomic mass is 10.1. The number of carbonyl (C=O) groups is 1. The van der Waals surface area contributed by atoms with E-state index < -0.39 is 0 Å². The van der Waals surface area contributed by atoms with Crippen LogP contribution in [0.3, 0.4) is 0 Å². The van der Waals surface area contributed by atoms with Gasteiger partial charge in [0.05, 0.1) is 13.2 Å². The highest BCUT2D eigenvalue weighted by atomic mass is 16.5. The lowest BCUT2D eigenvalue weighted by molar-refractivity contribution is 0.0481. The third-order valence-corrected chi connectivity index (χ3v) is 3.99. The summed E-state index contributed by atoms with van der Waals surface area (Å²) in [5.41, 5.74) is 6.80. The van der Waals surface area contributed by atoms with Crippen molar-refractivity contribution in [1.82, 2.24) is 4.90 Å². The fourth-order valence-corrected chi connectivity index (χ4v) is 2.75. The number of carbonyl (C=O) groups excluding carboxylic acids is 1. The van der Waals surface area contributed by atoms with Crippen LogP contribution < -0.4 is 10.5 Å². The molecule has 1 saturated heterocycles. The Bertz CT molecular complexity index is 499. The maximum atomic E-state index is 12.2. The molecule has 5 nitrogen and oxygen atoms in total. The van der Waals surface area contributed by atoms with Crippen LogP contribution in [0.15, 0.2) is 18.2 Å². The van der Waals surface area contributed by atoms with Crippen molar-refractivity contribution in [3.63, 3.8) is 0 Å². The number of ether oxygens (including phenoxy) is 2. The molecule has 2 rings (SSSR count). The lowest BCUT2D eigenvalue weighted by Gasteiger charge is -2.26. The highest BCUT2D eigenvalue weighted by molar-refractivity contribution is 5.93. The molecule has 5 heteroatoms. The van der Waals surface area contributed by atoms with E-state index in [1.165, 1.54) is 32.4 Å². The normalized spacial score (nSPS) is 15.3. The molecule has 0 bridgehead atoms. The molecule has 0 atom stereocenters. The Morgan fingerprint density at radius 2 is 2.00 bits per heavy atom. The largest absolute Gasteiger partial charge is 0.493 e. The maximum Gasteiger partial charge on any atom is 0.341 e. The van der Waals surface area contributed by atoms with Crippen LogP contribution in [0.2, 0.25) is 0 Å². The van der Waals surface area contributed by atoms with E-state index in [0.29, 0.717) is 30.2 Å². The van der Waals surface area contributed by atoms with E-state index in [0.717, 1.165) is 19.4 Å². The zero-order valence-electron chi connectivity index (χ0n) is 14.1. The molecule has 1 heterocycles. The summed E-state index contributed by atoms with van der Waals surface area (Å²) in [6.45, 7) is 6.34. The molecule has 0 unspecified atom stereocenters. The van der Waals surface area contributed by atoms with Crippen LogP contribution >= 0.6 is 0 Å². The highest BCUT2D eigenvalue weighted by Gasteiger charge is 2.15. The molecular weight excluding hydrogens is 292 g/mol. The minimum atomic E-state index is -0.338. The molecule has 1 aliphatic heterocycles. The minimum absolute atomic E-state index is 0.338. The molecule has 2 N–H and O–H groups in total. The van der Waals surface area contributed by atoms with E-state index in [2.05, 4.69) is 4.90 Å². The summed E-state index contributed by atoms with van der Waals surface area (Å²) in [6, 6.07) is 5.05. The number of hydrogen-bond donors (Lipinski definition) is 1. The Morgan fingerprint density at radius 1 is 1.22 bits per heavy atom. The van der Waals surface area contributed by atoms with Gasteiger partial charge in [0.25, 0.3) is 0 Å². The molecule has 0 radical (unpaired) electrons. The van der Waals surface area contributed by atoms with Crippen molar-refractivity contribution in [3.05, 3.63) is 23.8 Å². The number of likely N-dealkylation sites (tertiary alicyclic amines) is 1. The first-order chi connectivity index (χ1) is 11.2. The second-order valence-corrected chi connectivity index (χ2v) is 6.00. The second kappa shape index (κ2) is 9.40. The van der Waals surface area contributed by atoms with Crippen LogP contribution in [-0.2, 0) is 4.74 Å². The molecule has 1 fully saturated rings. The average molecular weight is 320 g/mol. The Hall–Kier alpha value is -1.75. The summed E-state index contributed by atoms with van der Waals surface area (Å²) in [5, 5.41) is 0. The van der Waals surface area contributed by atoms with Crippen LogP contribution in [0.25, 0.3) is 0 Å². The smallest absolute Gasteiger partial charge is 0.341 e. The van der Waals surface area contributed by atoms with Crippen LogP contribution in [0.1, 0.15) is 49.4 Å². The van der Waals surface area contributed by atoms with Gasteiger partial charge in [0.1, 0.15) is 11.3 Å². The summed E-state index contributed by atoms with van der Waals surface area (Å²) >= 11 is 0. The van der Waals surface area contributed by atoms with Crippen molar-refractivity contribution in [3.8, 4) is 5.75 Å². The molecule has 0 aliphatic carbocycles. The van der Waals surface area contributed by atoms with E-state index in [-0.39, 0.29) is 5.97 Å². The van der Waals surface area contributed by atoms with Gasteiger partial charge in [0, 0.05) is 18.3 Å². The minimum Gasteiger partial charge on any atom is -0.493 e. The average Bonchev–Trinajstić information content (AvgIpc) is 2.57. The van der Waals surface area contributed by atoms with Gasteiger partial charge in [-0.3, -0.25) is 0 Å². The zero-order chi connectivity index (χ0) is 16.5. The predicted molar refractivity (Wildman–Crippen MR) is 91.8 cm³/mol. The van der Waals surface area contributed by atoms with E-state index in [1.54, 1.807) is 18.2 Å². The Labute approximate surface area is 138 Å². The maximum absolute atomic E-state index is 12.2. The standard InChI is InChI=1S/C18H28N2O3/c1-2-12-22-17-14-15(19)7-8-16(17)18(21)23-13-6-11-20-9-4-3-5-10-20/h7-8,14H,2-6,9-13,19H2,1H3. The van der Waals surface area contributed by atoms with Crippen LogP contribution in [-0.4, -0.2) is 43.7 Å². The van der Waals surface area contributed by atoms with Crippen molar-refractivity contribution >= 4 is 11.7 Å². The molecule has 1 aromatic rings. The fourth-order valence-electron chi connectivity index (χ4n) is 2.75. The quantitative estimate of drug-likeness (QED) is 0.453. The van der Waals surface area contributed by atoms with E-state index in [9.17, 15) is 4.79 Å². The van der Waals surface area contributed by atoms with Crippen LogP contribution in [0, 0.1) is 0 Å². The first kappa shape index (κ1) is 17.6. The molecule has 0 aromatic heterocycles. The second-order valence-electron chi connectivity index (χ2n) is 6.00. The number of anilines is 1.